The minimum atomic E-state index is -0.466. The van der Waals surface area contributed by atoms with Gasteiger partial charge in [0.25, 0.3) is 0 Å². The molecule has 0 radical (unpaired) electrons. The van der Waals surface area contributed by atoms with Crippen LogP contribution in [-0.2, 0) is 11.2 Å². The fraction of sp³-hybridized carbons (Fsp3) is 0.0833. The van der Waals surface area contributed by atoms with Gasteiger partial charge in [-0.1, -0.05) is 42.5 Å². The molecule has 0 bridgehead atoms. The van der Waals surface area contributed by atoms with Crippen molar-refractivity contribution in [3.05, 3.63) is 77.4 Å². The number of ketones is 1. The van der Waals surface area contributed by atoms with E-state index >= 15 is 0 Å². The quantitative estimate of drug-likeness (QED) is 0.210. The molecule has 124 valence electrons. The van der Waals surface area contributed by atoms with E-state index in [0.717, 1.165) is 45.2 Å². The Labute approximate surface area is 150 Å². The molecule has 2 heteroatoms. The molecule has 0 saturated heterocycles. The maximum Gasteiger partial charge on any atom is 0.226 e. The molecular weight excluding hydrogens is 320 g/mol. The lowest BCUT2D eigenvalue weighted by Crippen LogP contribution is -2.02. The van der Waals surface area contributed by atoms with E-state index < -0.39 is 5.78 Å². The van der Waals surface area contributed by atoms with Gasteiger partial charge in [-0.05, 0) is 80.6 Å². The van der Waals surface area contributed by atoms with Gasteiger partial charge in [-0.15, -0.1) is 0 Å². The van der Waals surface area contributed by atoms with E-state index in [1.807, 2.05) is 24.3 Å². The van der Waals surface area contributed by atoms with E-state index in [-0.39, 0.29) is 0 Å². The van der Waals surface area contributed by atoms with Crippen LogP contribution in [0.15, 0.2) is 60.7 Å². The Hall–Kier alpha value is -3.26. The maximum absolute atomic E-state index is 12.4. The first-order valence-electron chi connectivity index (χ1n) is 8.83. The summed E-state index contributed by atoms with van der Waals surface area (Å²) in [5.41, 5.74) is 3.11. The summed E-state index contributed by atoms with van der Waals surface area (Å²) in [6.07, 6.45) is 6.92. The zero-order valence-electron chi connectivity index (χ0n) is 14.2. The van der Waals surface area contributed by atoms with E-state index in [1.54, 1.807) is 0 Å². The summed E-state index contributed by atoms with van der Waals surface area (Å²) in [6.45, 7) is 0. The molecule has 5 rings (SSSR count). The number of carbonyl (C=O) groups is 2. The van der Waals surface area contributed by atoms with Crippen LogP contribution in [0.5, 0.6) is 0 Å². The average Bonchev–Trinajstić information content (AvgIpc) is 2.68. The molecule has 0 fully saturated rings. The predicted octanol–water partition coefficient (Wildman–Crippen LogP) is 5.49. The summed E-state index contributed by atoms with van der Waals surface area (Å²) in [7, 11) is 0. The highest BCUT2D eigenvalue weighted by molar-refractivity contribution is 6.40. The average molecular weight is 336 g/mol. The van der Waals surface area contributed by atoms with Crippen molar-refractivity contribution in [3.8, 4) is 0 Å². The fourth-order valence-corrected chi connectivity index (χ4v) is 4.08. The van der Waals surface area contributed by atoms with E-state index in [4.69, 9.17) is 0 Å². The molecular formula is C24H16O2. The molecule has 0 aromatic heterocycles. The first kappa shape index (κ1) is 15.0. The summed E-state index contributed by atoms with van der Waals surface area (Å²) in [6, 6.07) is 18.5. The summed E-state index contributed by atoms with van der Waals surface area (Å²) in [5, 5.41) is 5.91. The molecule has 0 N–H and O–H groups in total. The Morgan fingerprint density at radius 3 is 2.54 bits per heavy atom. The van der Waals surface area contributed by atoms with Crippen molar-refractivity contribution in [1.82, 2.24) is 0 Å². The van der Waals surface area contributed by atoms with E-state index in [2.05, 4.69) is 42.5 Å². The molecule has 0 amide bonds. The van der Waals surface area contributed by atoms with Gasteiger partial charge >= 0.3 is 0 Å². The van der Waals surface area contributed by atoms with E-state index in [1.165, 1.54) is 11.1 Å². The molecule has 4 aromatic rings. The number of aryl methyl sites for hydroxylation is 1. The monoisotopic (exact) mass is 336 g/mol. The standard InChI is InChI=1S/C24H16O2/c25-14-23(26)24-21-8-4-3-7-17(21)11-20-12-18-9-15-5-1-2-6-16(15)10-19(18)13-22(20)24/h1,3-5,7-14H,2,6H2. The molecule has 0 atom stereocenters. The highest BCUT2D eigenvalue weighted by atomic mass is 16.2. The normalized spacial score (nSPS) is 13.2. The maximum atomic E-state index is 12.4. The first-order valence-corrected chi connectivity index (χ1v) is 8.83. The summed E-state index contributed by atoms with van der Waals surface area (Å²) >= 11 is 0. The Balaban J connectivity index is 1.93. The van der Waals surface area contributed by atoms with Crippen LogP contribution >= 0.6 is 0 Å². The summed E-state index contributed by atoms with van der Waals surface area (Å²) in [5.74, 6) is -0.466. The van der Waals surface area contributed by atoms with Gasteiger partial charge in [-0.2, -0.15) is 0 Å². The Kier molecular flexibility index (Phi) is 3.26. The highest BCUT2D eigenvalue weighted by Gasteiger charge is 2.15. The largest absolute Gasteiger partial charge is 0.294 e. The van der Waals surface area contributed by atoms with Gasteiger partial charge in [0.15, 0.2) is 6.29 Å². The zero-order chi connectivity index (χ0) is 17.7. The molecule has 1 aliphatic carbocycles. The van der Waals surface area contributed by atoms with Crippen molar-refractivity contribution in [2.24, 2.45) is 0 Å². The molecule has 4 aromatic carbocycles. The van der Waals surface area contributed by atoms with Gasteiger partial charge < -0.3 is 0 Å². The third-order valence-corrected chi connectivity index (χ3v) is 5.31. The lowest BCUT2D eigenvalue weighted by molar-refractivity contribution is -0.104. The fourth-order valence-electron chi connectivity index (χ4n) is 4.08. The molecule has 0 saturated carbocycles. The third-order valence-electron chi connectivity index (χ3n) is 5.31. The number of aldehydes is 1. The van der Waals surface area contributed by atoms with Crippen molar-refractivity contribution in [2.45, 2.75) is 12.8 Å². The number of fused-ring (bicyclic) bond motifs is 4. The van der Waals surface area contributed by atoms with Crippen molar-refractivity contribution < 1.29 is 9.59 Å². The van der Waals surface area contributed by atoms with Gasteiger partial charge in [0, 0.05) is 5.56 Å². The molecule has 0 heterocycles. The second-order valence-electron chi connectivity index (χ2n) is 6.87. The predicted molar refractivity (Wildman–Crippen MR) is 107 cm³/mol. The second kappa shape index (κ2) is 5.63. The van der Waals surface area contributed by atoms with Crippen LogP contribution in [0, 0.1) is 0 Å². The summed E-state index contributed by atoms with van der Waals surface area (Å²) in [4.78, 5) is 23.7. The first-order chi connectivity index (χ1) is 12.7. The van der Waals surface area contributed by atoms with E-state index in [9.17, 15) is 9.59 Å². The SMILES string of the molecule is O=CC(=O)c1c2ccccc2cc2cc3cc4c(cc3cc12)CCC=C4. The van der Waals surface area contributed by atoms with Crippen LogP contribution in [-0.4, -0.2) is 12.1 Å². The van der Waals surface area contributed by atoms with Crippen LogP contribution < -0.4 is 0 Å². The second-order valence-corrected chi connectivity index (χ2v) is 6.87. The number of Topliss-reactive ketones (excluding diaryl/α,β-unsaturated/α-hetero) is 1. The Bertz CT molecular complexity index is 1260. The molecule has 2 nitrogen and oxygen atoms in total. The number of benzene rings is 4. The minimum absolute atomic E-state index is 0.420. The van der Waals surface area contributed by atoms with E-state index in [0.29, 0.717) is 11.8 Å². The third kappa shape index (κ3) is 2.19. The molecule has 0 aliphatic heterocycles. The topological polar surface area (TPSA) is 34.1 Å². The van der Waals surface area contributed by atoms with Crippen LogP contribution in [0.2, 0.25) is 0 Å². The number of allylic oxidation sites excluding steroid dienone is 1. The number of hydrogen-bond donors (Lipinski definition) is 0. The van der Waals surface area contributed by atoms with Crippen LogP contribution in [0.1, 0.15) is 27.9 Å². The summed E-state index contributed by atoms with van der Waals surface area (Å²) < 4.78 is 0. The van der Waals surface area contributed by atoms with Gasteiger partial charge in [0.05, 0.1) is 0 Å². The lowest BCUT2D eigenvalue weighted by atomic mass is 9.89. The lowest BCUT2D eigenvalue weighted by Gasteiger charge is -2.14. The van der Waals surface area contributed by atoms with Gasteiger partial charge in [0.2, 0.25) is 5.78 Å². The zero-order valence-corrected chi connectivity index (χ0v) is 14.2. The van der Waals surface area contributed by atoms with Gasteiger partial charge in [-0.3, -0.25) is 9.59 Å². The smallest absolute Gasteiger partial charge is 0.226 e. The number of hydrogen-bond acceptors (Lipinski definition) is 2. The van der Waals surface area contributed by atoms with Crippen LogP contribution in [0.25, 0.3) is 38.4 Å². The van der Waals surface area contributed by atoms with Crippen molar-refractivity contribution >= 4 is 50.5 Å². The van der Waals surface area contributed by atoms with Gasteiger partial charge in [-0.25, -0.2) is 0 Å². The number of carbonyl (C=O) groups excluding carboxylic acids is 2. The molecule has 0 spiro atoms. The van der Waals surface area contributed by atoms with Crippen molar-refractivity contribution in [2.75, 3.05) is 0 Å². The Morgan fingerprint density at radius 1 is 0.846 bits per heavy atom. The van der Waals surface area contributed by atoms with Crippen LogP contribution in [0.4, 0.5) is 0 Å². The molecule has 26 heavy (non-hydrogen) atoms. The molecule has 1 aliphatic rings. The highest BCUT2D eigenvalue weighted by Crippen LogP contribution is 2.34. The van der Waals surface area contributed by atoms with Gasteiger partial charge in [0.1, 0.15) is 0 Å². The van der Waals surface area contributed by atoms with Crippen molar-refractivity contribution in [1.29, 1.82) is 0 Å². The van der Waals surface area contributed by atoms with Crippen molar-refractivity contribution in [3.63, 3.8) is 0 Å². The van der Waals surface area contributed by atoms with Crippen LogP contribution in [0.3, 0.4) is 0 Å². The number of rotatable bonds is 2. The molecule has 0 unspecified atom stereocenters. The minimum Gasteiger partial charge on any atom is -0.294 e. The Morgan fingerprint density at radius 2 is 1.65 bits per heavy atom.